The Morgan fingerprint density at radius 3 is 2.60 bits per heavy atom. The van der Waals surface area contributed by atoms with E-state index in [1.807, 2.05) is 0 Å². The van der Waals surface area contributed by atoms with E-state index in [1.165, 1.54) is 32.1 Å². The van der Waals surface area contributed by atoms with Crippen molar-refractivity contribution in [2.75, 3.05) is 0 Å². The average Bonchev–Trinajstić information content (AvgIpc) is 2.28. The van der Waals surface area contributed by atoms with Crippen LogP contribution in [0.1, 0.15) is 59.8 Å². The second kappa shape index (κ2) is 5.45. The predicted molar refractivity (Wildman–Crippen MR) is 90.5 cm³/mol. The van der Waals surface area contributed by atoms with E-state index in [9.17, 15) is 0 Å². The third-order valence-corrected chi connectivity index (χ3v) is 9.99. The molecule has 0 unspecified atom stereocenters. The first kappa shape index (κ1) is 16.0. The van der Waals surface area contributed by atoms with E-state index in [0.29, 0.717) is 16.6 Å². The highest BCUT2D eigenvalue weighted by molar-refractivity contribution is 6.74. The highest BCUT2D eigenvalue weighted by Gasteiger charge is 2.42. The molecule has 0 N–H and O–H groups in total. The Balaban J connectivity index is 2.15. The van der Waals surface area contributed by atoms with Crippen molar-refractivity contribution >= 4 is 8.32 Å². The van der Waals surface area contributed by atoms with E-state index in [-0.39, 0.29) is 0 Å². The molecule has 2 aliphatic carbocycles. The van der Waals surface area contributed by atoms with Crippen LogP contribution < -0.4 is 0 Å². The summed E-state index contributed by atoms with van der Waals surface area (Å²) in [5.74, 6) is 0. The van der Waals surface area contributed by atoms with Gasteiger partial charge < -0.3 is 4.43 Å². The first-order chi connectivity index (χ1) is 9.13. The van der Waals surface area contributed by atoms with Gasteiger partial charge in [-0.2, -0.15) is 0 Å². The van der Waals surface area contributed by atoms with Crippen molar-refractivity contribution in [3.8, 4) is 0 Å². The maximum absolute atomic E-state index is 6.72. The first-order valence-electron chi connectivity index (χ1n) is 8.17. The molecule has 2 heteroatoms. The van der Waals surface area contributed by atoms with E-state index in [1.54, 1.807) is 5.57 Å². The molecule has 2 aliphatic rings. The number of allylic oxidation sites excluding steroid dienone is 3. The summed E-state index contributed by atoms with van der Waals surface area (Å²) in [4.78, 5) is 0. The van der Waals surface area contributed by atoms with Gasteiger partial charge in [0.15, 0.2) is 8.32 Å². The van der Waals surface area contributed by atoms with Crippen LogP contribution in [0.25, 0.3) is 0 Å². The highest BCUT2D eigenvalue weighted by Crippen LogP contribution is 2.45. The molecule has 0 amide bonds. The molecule has 2 atom stereocenters. The monoisotopic (exact) mass is 292 g/mol. The fraction of sp³-hybridized carbons (Fsp3) is 0.778. The average molecular weight is 293 g/mol. The molecule has 1 saturated carbocycles. The fourth-order valence-corrected chi connectivity index (χ4v) is 4.39. The first-order valence-corrected chi connectivity index (χ1v) is 11.1. The van der Waals surface area contributed by atoms with E-state index in [4.69, 9.17) is 4.43 Å². The molecule has 0 aromatic heterocycles. The van der Waals surface area contributed by atoms with Gasteiger partial charge in [-0.15, -0.1) is 0 Å². The Bertz CT molecular complexity index is 414. The standard InChI is InChI=1S/C18H32OSi/c1-17(2,3)20(5,6)19-16-11-13-18(4)12-9-7-8-10-15(16)14-18/h9-10,12,16H,7-8,11,13-14H2,1-6H3/b12-9-,15-10+/t16-,18+/m1/s1. The Labute approximate surface area is 126 Å². The molecule has 2 bridgehead atoms. The summed E-state index contributed by atoms with van der Waals surface area (Å²) in [5.41, 5.74) is 1.95. The summed E-state index contributed by atoms with van der Waals surface area (Å²) < 4.78 is 6.72. The van der Waals surface area contributed by atoms with Crippen LogP contribution in [0.3, 0.4) is 0 Å². The molecule has 1 nitrogen and oxygen atoms in total. The van der Waals surface area contributed by atoms with Gasteiger partial charge in [0.1, 0.15) is 0 Å². The molecule has 0 radical (unpaired) electrons. The van der Waals surface area contributed by atoms with Crippen molar-refractivity contribution in [3.63, 3.8) is 0 Å². The minimum Gasteiger partial charge on any atom is -0.410 e. The largest absolute Gasteiger partial charge is 0.410 e. The lowest BCUT2D eigenvalue weighted by Gasteiger charge is -2.44. The quantitative estimate of drug-likeness (QED) is 0.458. The molecule has 1 fully saturated rings. The number of rotatable bonds is 2. The van der Waals surface area contributed by atoms with E-state index >= 15 is 0 Å². The molecule has 0 aromatic rings. The van der Waals surface area contributed by atoms with Gasteiger partial charge in [0.05, 0.1) is 6.10 Å². The van der Waals surface area contributed by atoms with Crippen molar-refractivity contribution in [3.05, 3.63) is 23.8 Å². The maximum atomic E-state index is 6.72. The van der Waals surface area contributed by atoms with Crippen molar-refractivity contribution in [1.82, 2.24) is 0 Å². The van der Waals surface area contributed by atoms with Gasteiger partial charge in [-0.25, -0.2) is 0 Å². The van der Waals surface area contributed by atoms with Crippen molar-refractivity contribution < 1.29 is 4.43 Å². The Morgan fingerprint density at radius 1 is 1.25 bits per heavy atom. The molecular formula is C18H32OSi. The zero-order valence-corrected chi connectivity index (χ0v) is 15.3. The Kier molecular flexibility index (Phi) is 4.37. The third-order valence-electron chi connectivity index (χ3n) is 5.50. The lowest BCUT2D eigenvalue weighted by atomic mass is 9.71. The van der Waals surface area contributed by atoms with E-state index in [0.717, 1.165) is 0 Å². The summed E-state index contributed by atoms with van der Waals surface area (Å²) in [6, 6.07) is 0. The molecule has 0 aliphatic heterocycles. The molecule has 0 saturated heterocycles. The molecule has 2 rings (SSSR count). The number of hydrogen-bond donors (Lipinski definition) is 0. The summed E-state index contributed by atoms with van der Waals surface area (Å²) in [6.07, 6.45) is 13.7. The smallest absolute Gasteiger partial charge is 0.192 e. The molecule has 0 spiro atoms. The Hall–Kier alpha value is -0.343. The van der Waals surface area contributed by atoms with Crippen LogP contribution in [0.4, 0.5) is 0 Å². The van der Waals surface area contributed by atoms with E-state index < -0.39 is 8.32 Å². The van der Waals surface area contributed by atoms with Crippen molar-refractivity contribution in [2.45, 2.75) is 84.0 Å². The zero-order chi connectivity index (χ0) is 15.0. The molecular weight excluding hydrogens is 260 g/mol. The minimum atomic E-state index is -1.66. The van der Waals surface area contributed by atoms with Crippen LogP contribution in [0, 0.1) is 5.41 Å². The zero-order valence-electron chi connectivity index (χ0n) is 14.3. The topological polar surface area (TPSA) is 9.23 Å². The third kappa shape index (κ3) is 3.45. The second-order valence-corrected chi connectivity index (χ2v) is 13.3. The summed E-state index contributed by atoms with van der Waals surface area (Å²) >= 11 is 0. The molecule has 0 aromatic carbocycles. The second-order valence-electron chi connectivity index (χ2n) is 8.50. The van der Waals surface area contributed by atoms with Gasteiger partial charge in [0.2, 0.25) is 0 Å². The molecule has 0 heterocycles. The van der Waals surface area contributed by atoms with Crippen LogP contribution >= 0.6 is 0 Å². The molecule has 114 valence electrons. The van der Waals surface area contributed by atoms with Crippen molar-refractivity contribution in [2.24, 2.45) is 5.41 Å². The van der Waals surface area contributed by atoms with Gasteiger partial charge in [0, 0.05) is 0 Å². The van der Waals surface area contributed by atoms with Crippen molar-refractivity contribution in [1.29, 1.82) is 0 Å². The fourth-order valence-electron chi connectivity index (χ4n) is 3.06. The van der Waals surface area contributed by atoms with Crippen LogP contribution in [-0.4, -0.2) is 14.4 Å². The summed E-state index contributed by atoms with van der Waals surface area (Å²) in [7, 11) is -1.66. The predicted octanol–water partition coefficient (Wildman–Crippen LogP) is 5.84. The van der Waals surface area contributed by atoms with Crippen LogP contribution in [0.5, 0.6) is 0 Å². The normalized spacial score (nSPS) is 35.7. The van der Waals surface area contributed by atoms with Gasteiger partial charge in [-0.3, -0.25) is 0 Å². The van der Waals surface area contributed by atoms with Crippen LogP contribution in [0.2, 0.25) is 18.1 Å². The van der Waals surface area contributed by atoms with Crippen LogP contribution in [-0.2, 0) is 4.43 Å². The summed E-state index contributed by atoms with van der Waals surface area (Å²) in [6.45, 7) is 14.2. The minimum absolute atomic E-state index is 0.301. The lowest BCUT2D eigenvalue weighted by Crippen LogP contribution is -2.46. The molecule has 20 heavy (non-hydrogen) atoms. The number of fused-ring (bicyclic) bond motifs is 2. The SMILES string of the molecule is CC(C)(C)[Si](C)(C)O[C@@H]1CC[C@]2(C)/C=C\CC/C=C/1C2. The van der Waals surface area contributed by atoms with Gasteiger partial charge in [0.25, 0.3) is 0 Å². The highest BCUT2D eigenvalue weighted by atomic mass is 28.4. The maximum Gasteiger partial charge on any atom is 0.192 e. The van der Waals surface area contributed by atoms with E-state index in [2.05, 4.69) is 59.0 Å². The van der Waals surface area contributed by atoms with Crippen LogP contribution in [0.15, 0.2) is 23.8 Å². The van der Waals surface area contributed by atoms with Gasteiger partial charge in [-0.05, 0) is 61.2 Å². The lowest BCUT2D eigenvalue weighted by molar-refractivity contribution is 0.147. The van der Waals surface area contributed by atoms with Gasteiger partial charge in [-0.1, -0.05) is 45.9 Å². The number of hydrogen-bond acceptors (Lipinski definition) is 1. The summed E-state index contributed by atoms with van der Waals surface area (Å²) in [5, 5.41) is 0.301. The van der Waals surface area contributed by atoms with Gasteiger partial charge >= 0.3 is 0 Å². The Morgan fingerprint density at radius 2 is 1.95 bits per heavy atom.